The average molecular weight is 370 g/mol. The molecule has 0 aromatic carbocycles. The van der Waals surface area contributed by atoms with Gasteiger partial charge in [-0.25, -0.2) is 15.0 Å². The molecule has 26 heavy (non-hydrogen) atoms. The second-order valence-corrected chi connectivity index (χ2v) is 7.18. The number of hydrogen-bond donors (Lipinski definition) is 0. The molecule has 0 amide bonds. The summed E-state index contributed by atoms with van der Waals surface area (Å²) in [5.74, 6) is 2.82. The topological polar surface area (TPSA) is 75.3 Å². The lowest BCUT2D eigenvalue weighted by Crippen LogP contribution is -2.47. The summed E-state index contributed by atoms with van der Waals surface area (Å²) in [7, 11) is 0. The quantitative estimate of drug-likeness (QED) is 0.511. The molecule has 0 saturated carbocycles. The number of piperazine rings is 1. The van der Waals surface area contributed by atoms with Crippen LogP contribution >= 0.6 is 11.8 Å². The van der Waals surface area contributed by atoms with E-state index in [0.717, 1.165) is 65.7 Å². The Kier molecular flexibility index (Phi) is 4.39. The second kappa shape index (κ2) is 6.71. The Morgan fingerprint density at radius 3 is 2.31 bits per heavy atom. The molecule has 1 aliphatic heterocycles. The van der Waals surface area contributed by atoms with Gasteiger partial charge in [-0.1, -0.05) is 11.8 Å². The summed E-state index contributed by atoms with van der Waals surface area (Å²) < 4.78 is 1.98. The van der Waals surface area contributed by atoms with Crippen LogP contribution in [-0.2, 0) is 0 Å². The van der Waals surface area contributed by atoms with Gasteiger partial charge >= 0.3 is 0 Å². The first kappa shape index (κ1) is 17.0. The van der Waals surface area contributed by atoms with Crippen molar-refractivity contribution in [3.8, 4) is 0 Å². The van der Waals surface area contributed by atoms with Crippen molar-refractivity contribution in [2.45, 2.75) is 25.9 Å². The zero-order chi connectivity index (χ0) is 18.3. The van der Waals surface area contributed by atoms with E-state index < -0.39 is 0 Å². The molecule has 136 valence electrons. The van der Waals surface area contributed by atoms with Crippen molar-refractivity contribution >= 4 is 29.0 Å². The van der Waals surface area contributed by atoms with E-state index in [1.807, 2.05) is 30.0 Å². The molecule has 0 radical (unpaired) electrons. The van der Waals surface area contributed by atoms with Crippen LogP contribution in [0.2, 0.25) is 0 Å². The van der Waals surface area contributed by atoms with Gasteiger partial charge in [0, 0.05) is 49.8 Å². The van der Waals surface area contributed by atoms with Gasteiger partial charge in [-0.2, -0.15) is 0 Å². The zero-order valence-electron chi connectivity index (χ0n) is 15.5. The van der Waals surface area contributed by atoms with E-state index in [4.69, 9.17) is 4.98 Å². The minimum absolute atomic E-state index is 0.817. The van der Waals surface area contributed by atoms with Crippen LogP contribution in [0.15, 0.2) is 17.6 Å². The molecule has 1 aliphatic rings. The fourth-order valence-corrected chi connectivity index (χ4v) is 3.68. The largest absolute Gasteiger partial charge is 0.353 e. The molecular weight excluding hydrogens is 348 g/mol. The number of fused-ring (bicyclic) bond motifs is 1. The van der Waals surface area contributed by atoms with Gasteiger partial charge in [0.1, 0.15) is 11.6 Å². The van der Waals surface area contributed by atoms with Gasteiger partial charge in [-0.3, -0.25) is 4.40 Å². The molecular formula is C17H22N8S. The highest BCUT2D eigenvalue weighted by molar-refractivity contribution is 7.98. The standard InChI is InChI=1S/C17H22N8S/c1-11-12(2)19-17(26-4)20-14(11)23-7-9-24(10-8-23)15-16-22-21-13(3)25(16)6-5-18-15/h5-6H,7-10H2,1-4H3. The molecule has 0 unspecified atom stereocenters. The second-order valence-electron chi connectivity index (χ2n) is 6.41. The summed E-state index contributed by atoms with van der Waals surface area (Å²) in [6.45, 7) is 9.62. The zero-order valence-corrected chi connectivity index (χ0v) is 16.3. The Balaban J connectivity index is 1.57. The van der Waals surface area contributed by atoms with Crippen LogP contribution in [0, 0.1) is 20.8 Å². The van der Waals surface area contributed by atoms with Crippen molar-refractivity contribution in [2.24, 2.45) is 0 Å². The monoisotopic (exact) mass is 370 g/mol. The first-order chi connectivity index (χ1) is 12.6. The molecule has 9 heteroatoms. The molecule has 3 aromatic heterocycles. The van der Waals surface area contributed by atoms with Gasteiger partial charge in [-0.15, -0.1) is 10.2 Å². The third-order valence-corrected chi connectivity index (χ3v) is 5.43. The van der Waals surface area contributed by atoms with E-state index in [0.29, 0.717) is 0 Å². The molecule has 4 rings (SSSR count). The fourth-order valence-electron chi connectivity index (χ4n) is 3.27. The number of anilines is 2. The molecule has 0 bridgehead atoms. The number of nitrogens with zero attached hydrogens (tertiary/aromatic N) is 8. The Labute approximate surface area is 156 Å². The summed E-state index contributed by atoms with van der Waals surface area (Å²) in [6, 6.07) is 0. The highest BCUT2D eigenvalue weighted by Crippen LogP contribution is 2.25. The third-order valence-electron chi connectivity index (χ3n) is 4.88. The maximum absolute atomic E-state index is 4.74. The Bertz CT molecular complexity index is 945. The van der Waals surface area contributed by atoms with Crippen molar-refractivity contribution in [1.82, 2.24) is 29.5 Å². The number of thioether (sulfide) groups is 1. The molecule has 8 nitrogen and oxygen atoms in total. The van der Waals surface area contributed by atoms with E-state index in [1.54, 1.807) is 11.8 Å². The lowest BCUT2D eigenvalue weighted by Gasteiger charge is -2.36. The van der Waals surface area contributed by atoms with Gasteiger partial charge in [0.2, 0.25) is 5.65 Å². The summed E-state index contributed by atoms with van der Waals surface area (Å²) in [6.07, 6.45) is 5.73. The van der Waals surface area contributed by atoms with E-state index in [1.165, 1.54) is 0 Å². The van der Waals surface area contributed by atoms with Crippen LogP contribution in [0.3, 0.4) is 0 Å². The lowest BCUT2D eigenvalue weighted by atomic mass is 10.2. The number of aromatic nitrogens is 6. The predicted molar refractivity (Wildman–Crippen MR) is 103 cm³/mol. The van der Waals surface area contributed by atoms with E-state index in [9.17, 15) is 0 Å². The van der Waals surface area contributed by atoms with Crippen LogP contribution in [-0.4, -0.2) is 62.0 Å². The van der Waals surface area contributed by atoms with Gasteiger partial charge < -0.3 is 9.80 Å². The van der Waals surface area contributed by atoms with Gasteiger partial charge in [0.05, 0.1) is 0 Å². The SMILES string of the molecule is CSc1nc(C)c(C)c(N2CCN(c3nccn4c(C)nnc34)CC2)n1. The molecule has 0 atom stereocenters. The highest BCUT2D eigenvalue weighted by atomic mass is 32.2. The highest BCUT2D eigenvalue weighted by Gasteiger charge is 2.24. The smallest absolute Gasteiger partial charge is 0.203 e. The minimum Gasteiger partial charge on any atom is -0.353 e. The van der Waals surface area contributed by atoms with Gasteiger partial charge in [0.25, 0.3) is 0 Å². The normalized spacial score (nSPS) is 15.1. The maximum atomic E-state index is 4.74. The first-order valence-corrected chi connectivity index (χ1v) is 9.86. The van der Waals surface area contributed by atoms with Crippen molar-refractivity contribution in [1.29, 1.82) is 0 Å². The van der Waals surface area contributed by atoms with Crippen LogP contribution < -0.4 is 9.80 Å². The summed E-state index contributed by atoms with van der Waals surface area (Å²) in [5.41, 5.74) is 3.02. The number of hydrogen-bond acceptors (Lipinski definition) is 8. The Morgan fingerprint density at radius 1 is 0.923 bits per heavy atom. The van der Waals surface area contributed by atoms with Crippen molar-refractivity contribution in [3.63, 3.8) is 0 Å². The number of rotatable bonds is 3. The van der Waals surface area contributed by atoms with Crippen molar-refractivity contribution in [2.75, 3.05) is 42.2 Å². The van der Waals surface area contributed by atoms with E-state index in [2.05, 4.69) is 43.8 Å². The predicted octanol–water partition coefficient (Wildman–Crippen LogP) is 1.89. The molecule has 0 N–H and O–H groups in total. The summed E-state index contributed by atoms with van der Waals surface area (Å²) in [4.78, 5) is 18.5. The first-order valence-electron chi connectivity index (χ1n) is 8.64. The average Bonchev–Trinajstić information content (AvgIpc) is 3.05. The fraction of sp³-hybridized carbons (Fsp3) is 0.471. The van der Waals surface area contributed by atoms with Crippen molar-refractivity contribution < 1.29 is 0 Å². The molecule has 4 heterocycles. The van der Waals surface area contributed by atoms with Gasteiger partial charge in [0.15, 0.2) is 11.0 Å². The molecule has 1 fully saturated rings. The van der Waals surface area contributed by atoms with Crippen LogP contribution in [0.1, 0.15) is 17.1 Å². The minimum atomic E-state index is 0.817. The maximum Gasteiger partial charge on any atom is 0.203 e. The van der Waals surface area contributed by atoms with E-state index >= 15 is 0 Å². The van der Waals surface area contributed by atoms with Crippen LogP contribution in [0.5, 0.6) is 0 Å². The van der Waals surface area contributed by atoms with Gasteiger partial charge in [-0.05, 0) is 27.0 Å². The number of aryl methyl sites for hydroxylation is 2. The summed E-state index contributed by atoms with van der Waals surface area (Å²) >= 11 is 1.58. The van der Waals surface area contributed by atoms with E-state index in [-0.39, 0.29) is 0 Å². The molecule has 1 saturated heterocycles. The molecule has 3 aromatic rings. The Hall–Kier alpha value is -2.42. The van der Waals surface area contributed by atoms with Crippen LogP contribution in [0.4, 0.5) is 11.6 Å². The molecule has 0 aliphatic carbocycles. The third kappa shape index (κ3) is 2.86. The lowest BCUT2D eigenvalue weighted by molar-refractivity contribution is 0.635. The Morgan fingerprint density at radius 2 is 1.62 bits per heavy atom. The van der Waals surface area contributed by atoms with Crippen LogP contribution in [0.25, 0.3) is 5.65 Å². The summed E-state index contributed by atoms with van der Waals surface area (Å²) in [5, 5.41) is 9.29. The van der Waals surface area contributed by atoms with Crippen molar-refractivity contribution in [3.05, 3.63) is 29.5 Å². The molecule has 0 spiro atoms.